The molecule has 8 heteroatoms. The number of aryl methyl sites for hydroxylation is 2. The second kappa shape index (κ2) is 7.85. The van der Waals surface area contributed by atoms with Crippen molar-refractivity contribution in [2.45, 2.75) is 36.6 Å². The Labute approximate surface area is 166 Å². The van der Waals surface area contributed by atoms with Gasteiger partial charge in [0.1, 0.15) is 10.6 Å². The van der Waals surface area contributed by atoms with Crippen LogP contribution in [0.2, 0.25) is 0 Å². The minimum absolute atomic E-state index is 0.0415. The summed E-state index contributed by atoms with van der Waals surface area (Å²) in [4.78, 5) is 0.0415. The minimum Gasteiger partial charge on any atom is -0.495 e. The molecule has 1 N–H and O–H groups in total. The van der Waals surface area contributed by atoms with Crippen molar-refractivity contribution in [3.63, 3.8) is 0 Å². The number of nitrogens with one attached hydrogen (secondary N) is 1. The van der Waals surface area contributed by atoms with Crippen LogP contribution in [0.5, 0.6) is 5.75 Å². The van der Waals surface area contributed by atoms with Crippen molar-refractivity contribution in [1.29, 1.82) is 0 Å². The third-order valence-corrected chi connectivity index (χ3v) is 9.31. The average Bonchev–Trinajstić information content (AvgIpc) is 2.96. The van der Waals surface area contributed by atoms with Crippen molar-refractivity contribution in [2.24, 2.45) is 0 Å². The third kappa shape index (κ3) is 4.24. The van der Waals surface area contributed by atoms with E-state index in [9.17, 15) is 16.8 Å². The first kappa shape index (κ1) is 20.8. The quantitative estimate of drug-likeness (QED) is 0.765. The van der Waals surface area contributed by atoms with E-state index >= 15 is 0 Å². The summed E-state index contributed by atoms with van der Waals surface area (Å²) in [5.74, 6) is -0.359. The highest BCUT2D eigenvalue weighted by atomic mass is 32.2. The molecule has 1 aliphatic rings. The van der Waals surface area contributed by atoms with E-state index in [-0.39, 0.29) is 16.4 Å². The molecule has 152 valence electrons. The lowest BCUT2D eigenvalue weighted by atomic mass is 10.1. The first-order chi connectivity index (χ1) is 13.1. The predicted octanol–water partition coefficient (Wildman–Crippen LogP) is 2.04. The number of hydrogen-bond acceptors (Lipinski definition) is 6. The summed E-state index contributed by atoms with van der Waals surface area (Å²) in [6.45, 7) is 4.16. The molecule has 1 fully saturated rings. The zero-order valence-corrected chi connectivity index (χ0v) is 17.8. The zero-order valence-electron chi connectivity index (χ0n) is 16.2. The Kier molecular flexibility index (Phi) is 5.84. The second-order valence-electron chi connectivity index (χ2n) is 7.23. The van der Waals surface area contributed by atoms with Crippen LogP contribution in [0.3, 0.4) is 0 Å². The third-order valence-electron chi connectivity index (χ3n) is 5.14. The van der Waals surface area contributed by atoms with Crippen molar-refractivity contribution in [3.05, 3.63) is 59.2 Å². The van der Waals surface area contributed by atoms with Crippen LogP contribution in [0.4, 0.5) is 0 Å². The first-order valence-electron chi connectivity index (χ1n) is 9.01. The highest BCUT2D eigenvalue weighted by molar-refractivity contribution is 7.96. The molecule has 2 atom stereocenters. The Balaban J connectivity index is 1.94. The van der Waals surface area contributed by atoms with E-state index in [1.165, 1.54) is 13.2 Å². The van der Waals surface area contributed by atoms with Crippen LogP contribution >= 0.6 is 0 Å². The van der Waals surface area contributed by atoms with E-state index in [0.717, 1.165) is 16.7 Å². The molecule has 1 aliphatic heterocycles. The van der Waals surface area contributed by atoms with Gasteiger partial charge in [-0.25, -0.2) is 16.8 Å². The number of methoxy groups -OCH3 is 1. The summed E-state index contributed by atoms with van der Waals surface area (Å²) in [5.41, 5.74) is 2.84. The molecular weight excluding hydrogens is 398 g/mol. The van der Waals surface area contributed by atoms with Gasteiger partial charge in [-0.1, -0.05) is 30.3 Å². The Bertz CT molecular complexity index is 1080. The molecule has 0 bridgehead atoms. The van der Waals surface area contributed by atoms with Gasteiger partial charge >= 0.3 is 0 Å². The fourth-order valence-corrected chi connectivity index (χ4v) is 8.49. The maximum Gasteiger partial charge on any atom is 0.187 e. The van der Waals surface area contributed by atoms with Crippen LogP contribution < -0.4 is 10.1 Å². The van der Waals surface area contributed by atoms with E-state index in [1.54, 1.807) is 19.1 Å². The highest BCUT2D eigenvalue weighted by Gasteiger charge is 2.46. The van der Waals surface area contributed by atoms with Gasteiger partial charge in [0, 0.05) is 12.6 Å². The number of hydrogen-bond donors (Lipinski definition) is 1. The molecule has 28 heavy (non-hydrogen) atoms. The van der Waals surface area contributed by atoms with E-state index in [4.69, 9.17) is 4.74 Å². The van der Waals surface area contributed by atoms with Crippen LogP contribution in [0.15, 0.2) is 47.4 Å². The number of rotatable bonds is 6. The summed E-state index contributed by atoms with van der Waals surface area (Å²) < 4.78 is 56.5. The smallest absolute Gasteiger partial charge is 0.187 e. The molecule has 0 radical (unpaired) electrons. The summed E-state index contributed by atoms with van der Waals surface area (Å²) >= 11 is 0. The summed E-state index contributed by atoms with van der Waals surface area (Å²) in [7, 11) is -5.96. The molecule has 0 saturated carbocycles. The maximum atomic E-state index is 13.4. The van der Waals surface area contributed by atoms with Crippen molar-refractivity contribution in [2.75, 3.05) is 18.6 Å². The van der Waals surface area contributed by atoms with Crippen molar-refractivity contribution >= 4 is 19.7 Å². The molecule has 6 nitrogen and oxygen atoms in total. The molecule has 0 aliphatic carbocycles. The fourth-order valence-electron chi connectivity index (χ4n) is 3.53. The predicted molar refractivity (Wildman–Crippen MR) is 109 cm³/mol. The molecule has 0 amide bonds. The van der Waals surface area contributed by atoms with E-state index in [0.29, 0.717) is 6.54 Å². The van der Waals surface area contributed by atoms with Gasteiger partial charge in [0.05, 0.1) is 23.9 Å². The lowest BCUT2D eigenvalue weighted by molar-refractivity contribution is 0.402. The largest absolute Gasteiger partial charge is 0.495 e. The van der Waals surface area contributed by atoms with Gasteiger partial charge in [-0.05, 0) is 42.7 Å². The molecule has 1 saturated heterocycles. The fraction of sp³-hybridized carbons (Fsp3) is 0.400. The van der Waals surface area contributed by atoms with Crippen molar-refractivity contribution < 1.29 is 21.6 Å². The Morgan fingerprint density at radius 1 is 1.11 bits per heavy atom. The van der Waals surface area contributed by atoms with Crippen molar-refractivity contribution in [3.8, 4) is 5.75 Å². The molecule has 3 rings (SSSR count). The minimum atomic E-state index is -3.91. The van der Waals surface area contributed by atoms with E-state index < -0.39 is 36.7 Å². The van der Waals surface area contributed by atoms with Gasteiger partial charge < -0.3 is 10.1 Å². The molecule has 0 unspecified atom stereocenters. The standard InChI is InChI=1S/C20H25NO5S2/c1-14-8-9-18(26-3)19(10-14)28(24,25)20-13-27(22,23)12-17(20)21-11-16-7-5-4-6-15(16)2/h4-10,17,20-21H,11-13H2,1-3H3/t17-,20-/m0/s1. The van der Waals surface area contributed by atoms with Gasteiger partial charge in [0.2, 0.25) is 0 Å². The summed E-state index contributed by atoms with van der Waals surface area (Å²) in [6, 6.07) is 12.0. The molecule has 2 aromatic rings. The molecule has 0 aromatic heterocycles. The van der Waals surface area contributed by atoms with Gasteiger partial charge in [0.25, 0.3) is 0 Å². The molecule has 2 aromatic carbocycles. The van der Waals surface area contributed by atoms with Crippen LogP contribution in [0, 0.1) is 13.8 Å². The van der Waals surface area contributed by atoms with Gasteiger partial charge in [0.15, 0.2) is 19.7 Å². The summed E-state index contributed by atoms with van der Waals surface area (Å²) in [6.07, 6.45) is 0. The number of sulfone groups is 2. The number of benzene rings is 2. The highest BCUT2D eigenvalue weighted by Crippen LogP contribution is 2.32. The average molecular weight is 424 g/mol. The maximum absolute atomic E-state index is 13.4. The lowest BCUT2D eigenvalue weighted by Crippen LogP contribution is -2.43. The Hall–Kier alpha value is -1.90. The van der Waals surface area contributed by atoms with Gasteiger partial charge in [-0.3, -0.25) is 0 Å². The topological polar surface area (TPSA) is 89.5 Å². The lowest BCUT2D eigenvalue weighted by Gasteiger charge is -2.21. The van der Waals surface area contributed by atoms with Crippen LogP contribution in [-0.4, -0.2) is 46.7 Å². The molecule has 0 spiro atoms. The van der Waals surface area contributed by atoms with Crippen LogP contribution in [-0.2, 0) is 26.2 Å². The van der Waals surface area contributed by atoms with Crippen LogP contribution in [0.1, 0.15) is 16.7 Å². The van der Waals surface area contributed by atoms with Crippen LogP contribution in [0.25, 0.3) is 0 Å². The normalized spacial score (nSPS) is 21.5. The second-order valence-corrected chi connectivity index (χ2v) is 11.5. The van der Waals surface area contributed by atoms with E-state index in [1.807, 2.05) is 31.2 Å². The first-order valence-corrected chi connectivity index (χ1v) is 12.4. The molecule has 1 heterocycles. The zero-order chi connectivity index (χ0) is 20.5. The van der Waals surface area contributed by atoms with Gasteiger partial charge in [-0.15, -0.1) is 0 Å². The van der Waals surface area contributed by atoms with E-state index in [2.05, 4.69) is 5.32 Å². The monoisotopic (exact) mass is 423 g/mol. The number of ether oxygens (including phenoxy) is 1. The Morgan fingerprint density at radius 3 is 2.50 bits per heavy atom. The summed E-state index contributed by atoms with van der Waals surface area (Å²) in [5, 5.41) is 2.12. The van der Waals surface area contributed by atoms with Gasteiger partial charge in [-0.2, -0.15) is 0 Å². The Morgan fingerprint density at radius 2 is 1.82 bits per heavy atom. The van der Waals surface area contributed by atoms with Crippen molar-refractivity contribution in [1.82, 2.24) is 5.32 Å². The molecular formula is C20H25NO5S2. The SMILES string of the molecule is COc1ccc(C)cc1S(=O)(=O)[C@H]1CS(=O)(=O)C[C@@H]1NCc1ccccc1C.